The SMILES string of the molecule is CC(C(=O)O)C(C)C(=O)Nc1cc(C(C)(C)C)[nH]n1. The molecule has 106 valence electrons. The zero-order valence-electron chi connectivity index (χ0n) is 11.9. The van der Waals surface area contributed by atoms with Crippen molar-refractivity contribution in [3.05, 3.63) is 11.8 Å². The van der Waals surface area contributed by atoms with Crippen molar-refractivity contribution >= 4 is 17.7 Å². The van der Waals surface area contributed by atoms with Crippen molar-refractivity contribution in [2.24, 2.45) is 11.8 Å². The van der Waals surface area contributed by atoms with Crippen LogP contribution in [0.25, 0.3) is 0 Å². The lowest BCUT2D eigenvalue weighted by atomic mass is 9.92. The summed E-state index contributed by atoms with van der Waals surface area (Å²) in [6, 6.07) is 1.76. The number of carbonyl (C=O) groups excluding carboxylic acids is 1. The summed E-state index contributed by atoms with van der Waals surface area (Å²) in [5, 5.41) is 18.4. The number of nitrogens with one attached hydrogen (secondary N) is 2. The molecule has 2 atom stereocenters. The number of nitrogens with zero attached hydrogens (tertiary/aromatic N) is 1. The third kappa shape index (κ3) is 3.81. The predicted molar refractivity (Wildman–Crippen MR) is 71.9 cm³/mol. The van der Waals surface area contributed by atoms with Crippen LogP contribution < -0.4 is 5.32 Å². The average molecular weight is 267 g/mol. The number of hydrogen-bond acceptors (Lipinski definition) is 3. The van der Waals surface area contributed by atoms with E-state index in [0.717, 1.165) is 5.69 Å². The highest BCUT2D eigenvalue weighted by atomic mass is 16.4. The highest BCUT2D eigenvalue weighted by molar-refractivity contribution is 5.94. The second-order valence-corrected chi connectivity index (χ2v) is 5.82. The Bertz CT molecular complexity index is 474. The number of aromatic nitrogens is 2. The molecule has 0 aromatic carbocycles. The summed E-state index contributed by atoms with van der Waals surface area (Å²) in [4.78, 5) is 22.7. The molecule has 0 spiro atoms. The van der Waals surface area contributed by atoms with E-state index in [1.165, 1.54) is 6.92 Å². The summed E-state index contributed by atoms with van der Waals surface area (Å²) < 4.78 is 0. The Kier molecular flexibility index (Phi) is 4.34. The zero-order valence-corrected chi connectivity index (χ0v) is 11.9. The Morgan fingerprint density at radius 2 is 1.89 bits per heavy atom. The number of rotatable bonds is 4. The van der Waals surface area contributed by atoms with Gasteiger partial charge < -0.3 is 10.4 Å². The first-order chi connectivity index (χ1) is 8.62. The standard InChI is InChI=1S/C13H21N3O3/c1-7(8(2)12(18)19)11(17)14-10-6-9(15-16-10)13(3,4)5/h6-8H,1-5H3,(H,18,19)(H2,14,15,16,17). The lowest BCUT2D eigenvalue weighted by Gasteiger charge is -2.15. The Balaban J connectivity index is 2.72. The molecule has 0 fully saturated rings. The van der Waals surface area contributed by atoms with E-state index in [-0.39, 0.29) is 11.3 Å². The molecule has 0 aliphatic carbocycles. The van der Waals surface area contributed by atoms with E-state index < -0.39 is 17.8 Å². The fraction of sp³-hybridized carbons (Fsp3) is 0.615. The van der Waals surface area contributed by atoms with Gasteiger partial charge in [0.2, 0.25) is 5.91 Å². The monoisotopic (exact) mass is 267 g/mol. The molecule has 0 saturated carbocycles. The first kappa shape index (κ1) is 15.2. The molecule has 1 heterocycles. The Hall–Kier alpha value is -1.85. The summed E-state index contributed by atoms with van der Waals surface area (Å²) in [6.07, 6.45) is 0. The molecule has 3 N–H and O–H groups in total. The van der Waals surface area contributed by atoms with Gasteiger partial charge in [-0.3, -0.25) is 14.7 Å². The van der Waals surface area contributed by atoms with Gasteiger partial charge in [0.25, 0.3) is 0 Å². The molecule has 19 heavy (non-hydrogen) atoms. The fourth-order valence-corrected chi connectivity index (χ4v) is 1.45. The van der Waals surface area contributed by atoms with Crippen LogP contribution in [0.15, 0.2) is 6.07 Å². The third-order valence-corrected chi connectivity index (χ3v) is 3.19. The quantitative estimate of drug-likeness (QED) is 0.777. The van der Waals surface area contributed by atoms with Crippen LogP contribution in [-0.2, 0) is 15.0 Å². The minimum atomic E-state index is -0.986. The van der Waals surface area contributed by atoms with Crippen LogP contribution in [0.1, 0.15) is 40.3 Å². The molecule has 2 unspecified atom stereocenters. The van der Waals surface area contributed by atoms with Crippen molar-refractivity contribution in [1.29, 1.82) is 0 Å². The fourth-order valence-electron chi connectivity index (χ4n) is 1.45. The van der Waals surface area contributed by atoms with E-state index in [9.17, 15) is 9.59 Å². The number of aromatic amines is 1. The number of carboxylic acid groups (broad SMARTS) is 1. The van der Waals surface area contributed by atoms with Crippen LogP contribution >= 0.6 is 0 Å². The molecule has 0 aliphatic rings. The van der Waals surface area contributed by atoms with E-state index >= 15 is 0 Å². The van der Waals surface area contributed by atoms with Crippen molar-refractivity contribution in [2.45, 2.75) is 40.0 Å². The molecule has 0 bridgehead atoms. The van der Waals surface area contributed by atoms with E-state index in [1.54, 1.807) is 13.0 Å². The molecule has 1 amide bonds. The predicted octanol–water partition coefficient (Wildman–Crippen LogP) is 2.00. The van der Waals surface area contributed by atoms with Crippen molar-refractivity contribution < 1.29 is 14.7 Å². The smallest absolute Gasteiger partial charge is 0.307 e. The van der Waals surface area contributed by atoms with Gasteiger partial charge in [0.1, 0.15) is 0 Å². The zero-order chi connectivity index (χ0) is 14.8. The van der Waals surface area contributed by atoms with Crippen molar-refractivity contribution in [3.63, 3.8) is 0 Å². The first-order valence-corrected chi connectivity index (χ1v) is 6.22. The Morgan fingerprint density at radius 3 is 2.32 bits per heavy atom. The first-order valence-electron chi connectivity index (χ1n) is 6.22. The Morgan fingerprint density at radius 1 is 1.32 bits per heavy atom. The lowest BCUT2D eigenvalue weighted by Crippen LogP contribution is -2.30. The van der Waals surface area contributed by atoms with Crippen LogP contribution in [0.3, 0.4) is 0 Å². The number of carboxylic acids is 1. The average Bonchev–Trinajstić information content (AvgIpc) is 2.74. The van der Waals surface area contributed by atoms with Crippen LogP contribution in [0.5, 0.6) is 0 Å². The van der Waals surface area contributed by atoms with E-state index in [2.05, 4.69) is 15.5 Å². The molecule has 0 saturated heterocycles. The van der Waals surface area contributed by atoms with E-state index in [1.807, 2.05) is 20.8 Å². The number of carbonyl (C=O) groups is 2. The van der Waals surface area contributed by atoms with Gasteiger partial charge >= 0.3 is 5.97 Å². The second-order valence-electron chi connectivity index (χ2n) is 5.82. The van der Waals surface area contributed by atoms with Gasteiger partial charge in [-0.05, 0) is 0 Å². The molecule has 1 aromatic heterocycles. The highest BCUT2D eigenvalue weighted by Crippen LogP contribution is 2.22. The normalized spacial score (nSPS) is 14.8. The second kappa shape index (κ2) is 5.42. The summed E-state index contributed by atoms with van der Waals surface area (Å²) >= 11 is 0. The van der Waals surface area contributed by atoms with Gasteiger partial charge in [-0.25, -0.2) is 0 Å². The molecule has 6 heteroatoms. The minimum absolute atomic E-state index is 0.0874. The maximum Gasteiger partial charge on any atom is 0.307 e. The molecule has 1 rings (SSSR count). The van der Waals surface area contributed by atoms with Gasteiger partial charge in [-0.2, -0.15) is 5.10 Å². The van der Waals surface area contributed by atoms with Crippen LogP contribution in [0.4, 0.5) is 5.82 Å². The maximum absolute atomic E-state index is 11.9. The largest absolute Gasteiger partial charge is 0.481 e. The minimum Gasteiger partial charge on any atom is -0.481 e. The van der Waals surface area contributed by atoms with Gasteiger partial charge in [0, 0.05) is 23.1 Å². The van der Waals surface area contributed by atoms with Gasteiger partial charge in [-0.1, -0.05) is 34.6 Å². The van der Waals surface area contributed by atoms with Crippen LogP contribution in [-0.4, -0.2) is 27.2 Å². The summed E-state index contributed by atoms with van der Waals surface area (Å²) in [5.74, 6) is -2.27. The number of hydrogen-bond donors (Lipinski definition) is 3. The topological polar surface area (TPSA) is 95.1 Å². The van der Waals surface area contributed by atoms with Gasteiger partial charge in [0.05, 0.1) is 5.92 Å². The van der Waals surface area contributed by atoms with Crippen LogP contribution in [0, 0.1) is 11.8 Å². The van der Waals surface area contributed by atoms with E-state index in [4.69, 9.17) is 5.11 Å². The number of H-pyrrole nitrogens is 1. The van der Waals surface area contributed by atoms with Crippen molar-refractivity contribution in [2.75, 3.05) is 5.32 Å². The Labute approximate surface area is 112 Å². The van der Waals surface area contributed by atoms with Crippen molar-refractivity contribution in [3.8, 4) is 0 Å². The van der Waals surface area contributed by atoms with Crippen LogP contribution in [0.2, 0.25) is 0 Å². The van der Waals surface area contributed by atoms with E-state index in [0.29, 0.717) is 5.82 Å². The number of aliphatic carboxylic acids is 1. The molecule has 1 aromatic rings. The summed E-state index contributed by atoms with van der Waals surface area (Å²) in [5.41, 5.74) is 0.817. The number of amides is 1. The lowest BCUT2D eigenvalue weighted by molar-refractivity contribution is -0.145. The third-order valence-electron chi connectivity index (χ3n) is 3.19. The number of anilines is 1. The van der Waals surface area contributed by atoms with Gasteiger partial charge in [0.15, 0.2) is 5.82 Å². The maximum atomic E-state index is 11.9. The summed E-state index contributed by atoms with van der Waals surface area (Å²) in [6.45, 7) is 9.19. The molecule has 0 aliphatic heterocycles. The molecule has 6 nitrogen and oxygen atoms in total. The van der Waals surface area contributed by atoms with Crippen molar-refractivity contribution in [1.82, 2.24) is 10.2 Å². The highest BCUT2D eigenvalue weighted by Gasteiger charge is 2.26. The summed E-state index contributed by atoms with van der Waals surface area (Å²) in [7, 11) is 0. The molecular formula is C13H21N3O3. The van der Waals surface area contributed by atoms with Gasteiger partial charge in [-0.15, -0.1) is 0 Å². The molecule has 0 radical (unpaired) electrons. The molecular weight excluding hydrogens is 246 g/mol.